The van der Waals surface area contributed by atoms with Gasteiger partial charge in [-0.2, -0.15) is 0 Å². The third kappa shape index (κ3) is 2.27. The summed E-state index contributed by atoms with van der Waals surface area (Å²) >= 11 is 1.74. The van der Waals surface area contributed by atoms with Crippen LogP contribution in [0.1, 0.15) is 16.0 Å². The van der Waals surface area contributed by atoms with Gasteiger partial charge in [-0.05, 0) is 25.0 Å². The molecule has 1 aromatic carbocycles. The zero-order valence-electron chi connectivity index (χ0n) is 11.9. The summed E-state index contributed by atoms with van der Waals surface area (Å²) in [5.41, 5.74) is 2.58. The van der Waals surface area contributed by atoms with Crippen molar-refractivity contribution in [3.63, 3.8) is 0 Å². The summed E-state index contributed by atoms with van der Waals surface area (Å²) in [5, 5.41) is 1.19. The van der Waals surface area contributed by atoms with Gasteiger partial charge in [0, 0.05) is 18.5 Å². The molecule has 4 heteroatoms. The number of benzene rings is 1. The molecule has 0 aliphatic carbocycles. The van der Waals surface area contributed by atoms with Crippen molar-refractivity contribution in [2.75, 3.05) is 11.9 Å². The molecule has 2 aromatic heterocycles. The highest BCUT2D eigenvalue weighted by atomic mass is 32.1. The first-order valence-electron chi connectivity index (χ1n) is 6.62. The van der Waals surface area contributed by atoms with Gasteiger partial charge < -0.3 is 4.90 Å². The normalized spacial score (nSPS) is 10.9. The number of fused-ring (bicyclic) bond motifs is 1. The summed E-state index contributed by atoms with van der Waals surface area (Å²) < 4.78 is 0. The third-order valence-corrected chi connectivity index (χ3v) is 4.68. The Bertz CT molecular complexity index is 734. The number of hydrogen-bond donors (Lipinski definition) is 0. The Kier molecular flexibility index (Phi) is 3.40. The van der Waals surface area contributed by atoms with E-state index in [1.54, 1.807) is 17.7 Å². The van der Waals surface area contributed by atoms with Crippen molar-refractivity contribution >= 4 is 27.4 Å². The van der Waals surface area contributed by atoms with Crippen molar-refractivity contribution in [3.05, 3.63) is 52.7 Å². The molecule has 3 rings (SSSR count). The molecule has 0 amide bonds. The van der Waals surface area contributed by atoms with Crippen LogP contribution in [0.15, 0.2) is 36.7 Å². The summed E-state index contributed by atoms with van der Waals surface area (Å²) in [6.45, 7) is 5.14. The van der Waals surface area contributed by atoms with Crippen LogP contribution in [0.2, 0.25) is 0 Å². The van der Waals surface area contributed by atoms with Gasteiger partial charge >= 0.3 is 0 Å². The number of hydrogen-bond acceptors (Lipinski definition) is 4. The molecule has 3 nitrogen and oxygen atoms in total. The second-order valence-electron chi connectivity index (χ2n) is 5.00. The second kappa shape index (κ2) is 5.21. The Morgan fingerprint density at radius 3 is 2.60 bits per heavy atom. The molecule has 0 aliphatic rings. The van der Waals surface area contributed by atoms with E-state index < -0.39 is 0 Å². The van der Waals surface area contributed by atoms with E-state index in [0.29, 0.717) is 0 Å². The standard InChI is InChI=1S/C16H17N3S/c1-11-12(2)20-16-14(11)15(17-10-18-16)19(3)9-13-7-5-4-6-8-13/h4-8,10H,9H2,1-3H3. The van der Waals surface area contributed by atoms with Gasteiger partial charge in [0.2, 0.25) is 0 Å². The minimum Gasteiger partial charge on any atom is -0.355 e. The first-order chi connectivity index (χ1) is 9.66. The van der Waals surface area contributed by atoms with Crippen molar-refractivity contribution < 1.29 is 0 Å². The van der Waals surface area contributed by atoms with Gasteiger partial charge in [-0.25, -0.2) is 9.97 Å². The zero-order valence-corrected chi connectivity index (χ0v) is 12.7. The molecule has 102 valence electrons. The Balaban J connectivity index is 2.01. The zero-order chi connectivity index (χ0) is 14.1. The average Bonchev–Trinajstić information content (AvgIpc) is 2.75. The molecule has 0 unspecified atom stereocenters. The summed E-state index contributed by atoms with van der Waals surface area (Å²) in [6.07, 6.45) is 1.66. The highest BCUT2D eigenvalue weighted by Crippen LogP contribution is 2.34. The molecule has 3 aromatic rings. The van der Waals surface area contributed by atoms with Crippen LogP contribution in [0.25, 0.3) is 10.2 Å². The molecule has 0 spiro atoms. The van der Waals surface area contributed by atoms with Gasteiger partial charge in [0.1, 0.15) is 17.0 Å². The predicted molar refractivity (Wildman–Crippen MR) is 85.4 cm³/mol. The average molecular weight is 283 g/mol. The maximum atomic E-state index is 4.50. The molecule has 0 atom stereocenters. The molecule has 2 heterocycles. The number of nitrogens with zero attached hydrogens (tertiary/aromatic N) is 3. The number of anilines is 1. The maximum absolute atomic E-state index is 4.50. The van der Waals surface area contributed by atoms with Gasteiger partial charge in [0.05, 0.1) is 5.39 Å². The fraction of sp³-hybridized carbons (Fsp3) is 0.250. The van der Waals surface area contributed by atoms with Gasteiger partial charge in [0.25, 0.3) is 0 Å². The minimum absolute atomic E-state index is 0.848. The van der Waals surface area contributed by atoms with Crippen LogP contribution in [0.4, 0.5) is 5.82 Å². The van der Waals surface area contributed by atoms with Crippen LogP contribution in [0.5, 0.6) is 0 Å². The van der Waals surface area contributed by atoms with E-state index in [2.05, 4.69) is 60.0 Å². The lowest BCUT2D eigenvalue weighted by Crippen LogP contribution is -2.18. The quantitative estimate of drug-likeness (QED) is 0.729. The van der Waals surface area contributed by atoms with Gasteiger partial charge in [0.15, 0.2) is 0 Å². The molecule has 0 saturated carbocycles. The molecule has 20 heavy (non-hydrogen) atoms. The van der Waals surface area contributed by atoms with E-state index in [-0.39, 0.29) is 0 Å². The lowest BCUT2D eigenvalue weighted by atomic mass is 10.2. The summed E-state index contributed by atoms with van der Waals surface area (Å²) in [4.78, 5) is 13.5. The molecule has 0 bridgehead atoms. The van der Waals surface area contributed by atoms with Crippen LogP contribution in [-0.2, 0) is 6.54 Å². The van der Waals surface area contributed by atoms with Crippen molar-refractivity contribution in [1.82, 2.24) is 9.97 Å². The highest BCUT2D eigenvalue weighted by molar-refractivity contribution is 7.18. The fourth-order valence-corrected chi connectivity index (χ4v) is 3.38. The van der Waals surface area contributed by atoms with Crippen LogP contribution in [-0.4, -0.2) is 17.0 Å². The summed E-state index contributed by atoms with van der Waals surface area (Å²) in [6, 6.07) is 10.5. The Morgan fingerprint density at radius 2 is 1.85 bits per heavy atom. The molecule has 0 aliphatic heterocycles. The molecular formula is C16H17N3S. The maximum Gasteiger partial charge on any atom is 0.141 e. The third-order valence-electron chi connectivity index (χ3n) is 3.57. The van der Waals surface area contributed by atoms with Gasteiger partial charge in [-0.3, -0.25) is 0 Å². The van der Waals surface area contributed by atoms with E-state index in [9.17, 15) is 0 Å². The Hall–Kier alpha value is -1.94. The van der Waals surface area contributed by atoms with Crippen LogP contribution >= 0.6 is 11.3 Å². The SMILES string of the molecule is Cc1sc2ncnc(N(C)Cc3ccccc3)c2c1C. The predicted octanol–water partition coefficient (Wildman–Crippen LogP) is 3.94. The number of thiophene rings is 1. The minimum atomic E-state index is 0.848. The number of aromatic nitrogens is 2. The van der Waals surface area contributed by atoms with E-state index in [1.807, 2.05) is 6.07 Å². The molecular weight excluding hydrogens is 266 g/mol. The number of aryl methyl sites for hydroxylation is 2. The second-order valence-corrected chi connectivity index (χ2v) is 6.21. The first-order valence-corrected chi connectivity index (χ1v) is 7.44. The van der Waals surface area contributed by atoms with Crippen LogP contribution in [0, 0.1) is 13.8 Å². The Morgan fingerprint density at radius 1 is 1.10 bits per heavy atom. The topological polar surface area (TPSA) is 29.0 Å². The molecule has 0 saturated heterocycles. The van der Waals surface area contributed by atoms with Crippen LogP contribution < -0.4 is 4.90 Å². The van der Waals surface area contributed by atoms with E-state index >= 15 is 0 Å². The first kappa shape index (κ1) is 13.1. The summed E-state index contributed by atoms with van der Waals surface area (Å²) in [7, 11) is 2.08. The monoisotopic (exact) mass is 283 g/mol. The highest BCUT2D eigenvalue weighted by Gasteiger charge is 2.14. The van der Waals surface area contributed by atoms with Crippen LogP contribution in [0.3, 0.4) is 0 Å². The molecule has 0 N–H and O–H groups in total. The van der Waals surface area contributed by atoms with Gasteiger partial charge in [-0.15, -0.1) is 11.3 Å². The van der Waals surface area contributed by atoms with E-state index in [4.69, 9.17) is 0 Å². The summed E-state index contributed by atoms with van der Waals surface area (Å²) in [5.74, 6) is 1.01. The molecule has 0 radical (unpaired) electrons. The lowest BCUT2D eigenvalue weighted by molar-refractivity contribution is 0.900. The Labute approximate surface area is 122 Å². The lowest BCUT2D eigenvalue weighted by Gasteiger charge is -2.19. The largest absolute Gasteiger partial charge is 0.355 e. The van der Waals surface area contributed by atoms with Crippen molar-refractivity contribution in [3.8, 4) is 0 Å². The smallest absolute Gasteiger partial charge is 0.141 e. The van der Waals surface area contributed by atoms with Gasteiger partial charge in [-0.1, -0.05) is 30.3 Å². The van der Waals surface area contributed by atoms with Crippen molar-refractivity contribution in [2.45, 2.75) is 20.4 Å². The molecule has 0 fully saturated rings. The van der Waals surface area contributed by atoms with E-state index in [0.717, 1.165) is 17.2 Å². The van der Waals surface area contributed by atoms with Crippen molar-refractivity contribution in [2.24, 2.45) is 0 Å². The van der Waals surface area contributed by atoms with Crippen molar-refractivity contribution in [1.29, 1.82) is 0 Å². The van der Waals surface area contributed by atoms with E-state index in [1.165, 1.54) is 21.4 Å². The fourth-order valence-electron chi connectivity index (χ4n) is 2.39. The number of rotatable bonds is 3.